The summed E-state index contributed by atoms with van der Waals surface area (Å²) in [5, 5.41) is 12.0. The summed E-state index contributed by atoms with van der Waals surface area (Å²) in [6, 6.07) is 1.55. The van der Waals surface area contributed by atoms with Crippen LogP contribution in [0.25, 0.3) is 0 Å². The number of nitrogens with two attached hydrogens (primary N) is 2. The maximum absolute atomic E-state index is 11.9. The van der Waals surface area contributed by atoms with E-state index in [2.05, 4.69) is 5.32 Å². The van der Waals surface area contributed by atoms with Crippen LogP contribution < -0.4 is 15.6 Å². The van der Waals surface area contributed by atoms with Gasteiger partial charge in [0.2, 0.25) is 20.0 Å². The van der Waals surface area contributed by atoms with Gasteiger partial charge in [0.1, 0.15) is 9.79 Å². The van der Waals surface area contributed by atoms with Crippen molar-refractivity contribution in [3.63, 3.8) is 0 Å². The third-order valence-corrected chi connectivity index (χ3v) is 5.46. The molecule has 0 unspecified atom stereocenters. The number of ether oxygens (including phenoxy) is 2. The van der Waals surface area contributed by atoms with Crippen molar-refractivity contribution in [3.8, 4) is 0 Å². The lowest BCUT2D eigenvalue weighted by Gasteiger charge is -2.29. The number of carbonyl (C=O) groups is 2. The van der Waals surface area contributed by atoms with Crippen molar-refractivity contribution in [2.24, 2.45) is 10.3 Å². The minimum Gasteiger partial charge on any atom is -0.419 e. The first kappa shape index (κ1) is 21.1. The molecule has 1 aromatic carbocycles. The van der Waals surface area contributed by atoms with E-state index in [0.717, 1.165) is 12.3 Å². The summed E-state index contributed by atoms with van der Waals surface area (Å²) in [7, 11) is -8.78. The topological polar surface area (TPSA) is 185 Å². The molecule has 1 aliphatic heterocycles. The fourth-order valence-corrected chi connectivity index (χ4v) is 3.91. The standard InChI is InChI=1S/C13H14ClN3O8S2/c1-13(2)24-11(18)6(12(19)25-13)5-17-8-3-7(14)9(26(15,20)21)4-10(8)27(16,22)23/h3-5,17H,1-2H3,(H2,15,20,21)(H2,16,22,23). The van der Waals surface area contributed by atoms with Gasteiger partial charge in [0.25, 0.3) is 5.79 Å². The van der Waals surface area contributed by atoms with Crippen molar-refractivity contribution in [1.29, 1.82) is 0 Å². The van der Waals surface area contributed by atoms with Crippen LogP contribution in [0.1, 0.15) is 13.8 Å². The number of cyclic esters (lactones) is 2. The fraction of sp³-hybridized carbons (Fsp3) is 0.231. The molecule has 0 amide bonds. The molecular weight excluding hydrogens is 426 g/mol. The first-order valence-electron chi connectivity index (χ1n) is 6.94. The molecule has 1 aromatic rings. The van der Waals surface area contributed by atoms with Gasteiger partial charge in [0.05, 0.1) is 10.7 Å². The number of sulfonamides is 2. The van der Waals surface area contributed by atoms with Gasteiger partial charge in [0.15, 0.2) is 5.57 Å². The van der Waals surface area contributed by atoms with Crippen LogP contribution in [0, 0.1) is 0 Å². The zero-order valence-electron chi connectivity index (χ0n) is 13.8. The van der Waals surface area contributed by atoms with Crippen LogP contribution in [0.4, 0.5) is 5.69 Å². The smallest absolute Gasteiger partial charge is 0.350 e. The highest BCUT2D eigenvalue weighted by Crippen LogP contribution is 2.31. The fourth-order valence-electron chi connectivity index (χ4n) is 2.03. The van der Waals surface area contributed by atoms with E-state index in [4.69, 9.17) is 31.4 Å². The van der Waals surface area contributed by atoms with Gasteiger partial charge in [-0.2, -0.15) is 0 Å². The van der Waals surface area contributed by atoms with E-state index in [0.29, 0.717) is 6.07 Å². The largest absolute Gasteiger partial charge is 0.419 e. The molecule has 0 radical (unpaired) electrons. The molecule has 1 heterocycles. The van der Waals surface area contributed by atoms with Crippen molar-refractivity contribution in [2.45, 2.75) is 29.4 Å². The monoisotopic (exact) mass is 439 g/mol. The Morgan fingerprint density at radius 1 is 1.00 bits per heavy atom. The van der Waals surface area contributed by atoms with Crippen LogP contribution in [0.5, 0.6) is 0 Å². The lowest BCUT2D eigenvalue weighted by atomic mass is 10.2. The summed E-state index contributed by atoms with van der Waals surface area (Å²) in [4.78, 5) is 22.4. The van der Waals surface area contributed by atoms with Crippen LogP contribution in [0.3, 0.4) is 0 Å². The molecule has 5 N–H and O–H groups in total. The molecule has 1 saturated heterocycles. The third-order valence-electron chi connectivity index (χ3n) is 3.14. The number of halogens is 1. The molecular formula is C13H14ClN3O8S2. The molecule has 0 saturated carbocycles. The van der Waals surface area contributed by atoms with E-state index in [9.17, 15) is 26.4 Å². The summed E-state index contributed by atoms with van der Waals surface area (Å²) in [6.45, 7) is 2.69. The van der Waals surface area contributed by atoms with Gasteiger partial charge in [-0.25, -0.2) is 36.7 Å². The number of hydrogen-bond donors (Lipinski definition) is 3. The van der Waals surface area contributed by atoms with E-state index >= 15 is 0 Å². The molecule has 14 heteroatoms. The van der Waals surface area contributed by atoms with Gasteiger partial charge in [-0.05, 0) is 12.1 Å². The van der Waals surface area contributed by atoms with Gasteiger partial charge >= 0.3 is 11.9 Å². The summed E-state index contributed by atoms with van der Waals surface area (Å²) < 4.78 is 56.3. The molecule has 0 aromatic heterocycles. The Kier molecular flexibility index (Phi) is 5.29. The van der Waals surface area contributed by atoms with Crippen molar-refractivity contribution in [3.05, 3.63) is 28.9 Å². The average molecular weight is 440 g/mol. The van der Waals surface area contributed by atoms with Crippen molar-refractivity contribution >= 4 is 49.3 Å². The van der Waals surface area contributed by atoms with E-state index in [1.54, 1.807) is 0 Å². The predicted octanol–water partition coefficient (Wildman–Crippen LogP) is -0.233. The molecule has 0 bridgehead atoms. The molecule has 0 spiro atoms. The van der Waals surface area contributed by atoms with Gasteiger partial charge in [-0.15, -0.1) is 0 Å². The zero-order chi connectivity index (χ0) is 20.8. The van der Waals surface area contributed by atoms with Crippen molar-refractivity contribution in [2.75, 3.05) is 5.32 Å². The second-order valence-electron chi connectivity index (χ2n) is 5.75. The summed E-state index contributed by atoms with van der Waals surface area (Å²) in [5.74, 6) is -3.50. The lowest BCUT2D eigenvalue weighted by molar-refractivity contribution is -0.222. The maximum atomic E-state index is 11.9. The average Bonchev–Trinajstić information content (AvgIpc) is 2.42. The minimum atomic E-state index is -4.43. The SMILES string of the molecule is CC1(C)OC(=O)C(=CNc2cc(Cl)c(S(N)(=O)=O)cc2S(N)(=O)=O)C(=O)O1. The number of rotatable bonds is 4. The van der Waals surface area contributed by atoms with E-state index < -0.39 is 58.2 Å². The quantitative estimate of drug-likeness (QED) is 0.323. The summed E-state index contributed by atoms with van der Waals surface area (Å²) in [5.41, 5.74) is -0.880. The predicted molar refractivity (Wildman–Crippen MR) is 92.2 cm³/mol. The first-order valence-corrected chi connectivity index (χ1v) is 10.4. The number of hydrogen-bond acceptors (Lipinski definition) is 9. The Morgan fingerprint density at radius 2 is 1.48 bits per heavy atom. The molecule has 11 nitrogen and oxygen atoms in total. The second-order valence-corrected chi connectivity index (χ2v) is 9.22. The summed E-state index contributed by atoms with van der Waals surface area (Å²) >= 11 is 5.81. The summed E-state index contributed by atoms with van der Waals surface area (Å²) in [6.07, 6.45) is 0.816. The Hall–Kier alpha value is -2.19. The second kappa shape index (κ2) is 6.76. The first-order chi connectivity index (χ1) is 12.1. The number of benzene rings is 1. The molecule has 0 atom stereocenters. The van der Waals surface area contributed by atoms with Crippen molar-refractivity contribution < 1.29 is 35.9 Å². The Labute approximate surface area is 159 Å². The molecule has 148 valence electrons. The Morgan fingerprint density at radius 3 is 1.93 bits per heavy atom. The highest BCUT2D eigenvalue weighted by molar-refractivity contribution is 7.90. The number of carbonyl (C=O) groups excluding carboxylic acids is 2. The molecule has 1 fully saturated rings. The minimum absolute atomic E-state index is 0.312. The van der Waals surface area contributed by atoms with E-state index in [-0.39, 0.29) is 5.69 Å². The van der Waals surface area contributed by atoms with Gasteiger partial charge in [-0.3, -0.25) is 0 Å². The zero-order valence-corrected chi connectivity index (χ0v) is 16.2. The van der Waals surface area contributed by atoms with Gasteiger partial charge in [-0.1, -0.05) is 11.6 Å². The van der Waals surface area contributed by atoms with Crippen LogP contribution in [-0.4, -0.2) is 34.6 Å². The van der Waals surface area contributed by atoms with Gasteiger partial charge in [0, 0.05) is 20.0 Å². The van der Waals surface area contributed by atoms with Crippen LogP contribution >= 0.6 is 11.6 Å². The van der Waals surface area contributed by atoms with Crippen molar-refractivity contribution in [1.82, 2.24) is 0 Å². The van der Waals surface area contributed by atoms with Gasteiger partial charge < -0.3 is 14.8 Å². The number of anilines is 1. The van der Waals surface area contributed by atoms with Crippen LogP contribution in [-0.2, 0) is 39.1 Å². The number of primary sulfonamides is 2. The van der Waals surface area contributed by atoms with Crippen LogP contribution in [0.2, 0.25) is 5.02 Å². The highest BCUT2D eigenvalue weighted by atomic mass is 35.5. The molecule has 2 rings (SSSR count). The van der Waals surface area contributed by atoms with Crippen LogP contribution in [0.15, 0.2) is 33.7 Å². The van der Waals surface area contributed by atoms with E-state index in [1.807, 2.05) is 0 Å². The number of nitrogens with one attached hydrogen (secondary N) is 1. The lowest BCUT2D eigenvalue weighted by Crippen LogP contribution is -2.42. The maximum Gasteiger partial charge on any atom is 0.350 e. The third kappa shape index (κ3) is 4.75. The highest BCUT2D eigenvalue weighted by Gasteiger charge is 2.39. The Balaban J connectivity index is 2.52. The van der Waals surface area contributed by atoms with E-state index in [1.165, 1.54) is 13.8 Å². The molecule has 1 aliphatic rings. The number of esters is 2. The Bertz CT molecular complexity index is 1060. The molecule has 27 heavy (non-hydrogen) atoms. The normalized spacial score (nSPS) is 17.1. The molecule has 0 aliphatic carbocycles.